The number of aliphatic hydroxyl groups is 1. The van der Waals surface area contributed by atoms with Crippen molar-refractivity contribution in [2.45, 2.75) is 64.3 Å². The molecule has 1 aromatic rings. The molecule has 1 aromatic heterocycles. The van der Waals surface area contributed by atoms with Crippen LogP contribution in [0.15, 0.2) is 12.3 Å². The maximum absolute atomic E-state index is 12.6. The van der Waals surface area contributed by atoms with Crippen LogP contribution in [0.5, 0.6) is 0 Å². The number of hydrogen-bond donors (Lipinski definition) is 1. The highest BCUT2D eigenvalue weighted by Crippen LogP contribution is 2.40. The molecule has 6 heteroatoms. The molecule has 1 saturated carbocycles. The Morgan fingerprint density at radius 3 is 2.38 bits per heavy atom. The number of aliphatic hydroxyl groups excluding tert-OH is 1. The molecule has 1 N–H and O–H groups in total. The lowest BCUT2D eigenvalue weighted by Crippen LogP contribution is -2.32. The molecule has 21 heavy (non-hydrogen) atoms. The minimum absolute atomic E-state index is 0.0483. The largest absolute Gasteiger partial charge is 0.392 e. The third kappa shape index (κ3) is 4.22. The van der Waals surface area contributed by atoms with Crippen molar-refractivity contribution >= 4 is 0 Å². The van der Waals surface area contributed by atoms with Gasteiger partial charge in [0, 0.05) is 18.7 Å². The first kappa shape index (κ1) is 16.3. The Kier molecular flexibility index (Phi) is 4.96. The fourth-order valence-electron chi connectivity index (χ4n) is 2.99. The molecule has 0 amide bonds. The average molecular weight is 304 g/mol. The van der Waals surface area contributed by atoms with Gasteiger partial charge in [-0.1, -0.05) is 0 Å². The van der Waals surface area contributed by atoms with Crippen LogP contribution in [0.3, 0.4) is 0 Å². The predicted molar refractivity (Wildman–Crippen MR) is 73.8 cm³/mol. The van der Waals surface area contributed by atoms with Crippen molar-refractivity contribution in [2.24, 2.45) is 11.8 Å². The zero-order valence-corrected chi connectivity index (χ0v) is 12.5. The van der Waals surface area contributed by atoms with Crippen LogP contribution in [-0.4, -0.2) is 27.2 Å². The molecule has 1 unspecified atom stereocenters. The number of halogens is 3. The number of nitrogens with zero attached hydrogens (tertiary/aromatic N) is 2. The summed E-state index contributed by atoms with van der Waals surface area (Å²) in [4.78, 5) is 0. The first-order valence-corrected chi connectivity index (χ1v) is 7.56. The SMILES string of the molecule is CC(C)n1ccc(CC(O)C2CCC(C(F)(F)F)CC2)n1. The van der Waals surface area contributed by atoms with Gasteiger partial charge in [0.25, 0.3) is 0 Å². The van der Waals surface area contributed by atoms with Crippen molar-refractivity contribution in [3.05, 3.63) is 18.0 Å². The molecule has 0 radical (unpaired) electrons. The summed E-state index contributed by atoms with van der Waals surface area (Å²) >= 11 is 0. The molecule has 3 nitrogen and oxygen atoms in total. The Morgan fingerprint density at radius 1 is 1.29 bits per heavy atom. The Hall–Kier alpha value is -1.04. The van der Waals surface area contributed by atoms with Crippen LogP contribution in [0, 0.1) is 11.8 Å². The molecule has 0 aromatic carbocycles. The van der Waals surface area contributed by atoms with Gasteiger partial charge in [0.15, 0.2) is 0 Å². The van der Waals surface area contributed by atoms with Gasteiger partial charge in [-0.25, -0.2) is 0 Å². The van der Waals surface area contributed by atoms with E-state index in [4.69, 9.17) is 0 Å². The minimum atomic E-state index is -4.09. The summed E-state index contributed by atoms with van der Waals surface area (Å²) in [6.45, 7) is 4.04. The number of alkyl halides is 3. The number of rotatable bonds is 4. The van der Waals surface area contributed by atoms with E-state index in [0.717, 1.165) is 5.69 Å². The standard InChI is InChI=1S/C15H23F3N2O/c1-10(2)20-8-7-13(19-20)9-14(21)11-3-5-12(6-4-11)15(16,17)18/h7-8,10-12,14,21H,3-6,9H2,1-2H3. The van der Waals surface area contributed by atoms with E-state index >= 15 is 0 Å². The minimum Gasteiger partial charge on any atom is -0.392 e. The second-order valence-corrected chi connectivity index (χ2v) is 6.31. The van der Waals surface area contributed by atoms with Crippen LogP contribution in [0.1, 0.15) is 51.3 Å². The third-order valence-corrected chi connectivity index (χ3v) is 4.39. The van der Waals surface area contributed by atoms with Gasteiger partial charge in [0.2, 0.25) is 0 Å². The lowest BCUT2D eigenvalue weighted by atomic mass is 9.78. The zero-order chi connectivity index (χ0) is 15.6. The van der Waals surface area contributed by atoms with Crippen molar-refractivity contribution < 1.29 is 18.3 Å². The maximum atomic E-state index is 12.6. The number of hydrogen-bond acceptors (Lipinski definition) is 2. The molecule has 120 valence electrons. The van der Waals surface area contributed by atoms with Crippen molar-refractivity contribution in [3.63, 3.8) is 0 Å². The lowest BCUT2D eigenvalue weighted by molar-refractivity contribution is -0.185. The van der Waals surface area contributed by atoms with Crippen LogP contribution in [-0.2, 0) is 6.42 Å². The van der Waals surface area contributed by atoms with Crippen molar-refractivity contribution in [2.75, 3.05) is 0 Å². The zero-order valence-electron chi connectivity index (χ0n) is 12.5. The molecule has 1 atom stereocenters. The van der Waals surface area contributed by atoms with E-state index in [1.165, 1.54) is 0 Å². The van der Waals surface area contributed by atoms with Crippen LogP contribution < -0.4 is 0 Å². The monoisotopic (exact) mass is 304 g/mol. The quantitative estimate of drug-likeness (QED) is 0.920. The summed E-state index contributed by atoms with van der Waals surface area (Å²) in [5.41, 5.74) is 0.800. The molecule has 0 bridgehead atoms. The Balaban J connectivity index is 1.85. The molecule has 1 aliphatic carbocycles. The lowest BCUT2D eigenvalue weighted by Gasteiger charge is -2.32. The van der Waals surface area contributed by atoms with E-state index in [1.54, 1.807) is 0 Å². The highest BCUT2D eigenvalue weighted by atomic mass is 19.4. The van der Waals surface area contributed by atoms with E-state index in [9.17, 15) is 18.3 Å². The van der Waals surface area contributed by atoms with Crippen LogP contribution in [0.2, 0.25) is 0 Å². The summed E-state index contributed by atoms with van der Waals surface area (Å²) in [5, 5.41) is 14.6. The fraction of sp³-hybridized carbons (Fsp3) is 0.800. The van der Waals surface area contributed by atoms with Gasteiger partial charge in [-0.05, 0) is 51.5 Å². The highest BCUT2D eigenvalue weighted by molar-refractivity contribution is 5.02. The topological polar surface area (TPSA) is 38.0 Å². The van der Waals surface area contributed by atoms with Gasteiger partial charge < -0.3 is 5.11 Å². The molecule has 0 aliphatic heterocycles. The van der Waals surface area contributed by atoms with Crippen molar-refractivity contribution in [1.82, 2.24) is 9.78 Å². The highest BCUT2D eigenvalue weighted by Gasteiger charge is 2.42. The van der Waals surface area contributed by atoms with Gasteiger partial charge >= 0.3 is 6.18 Å². The molecule has 1 aliphatic rings. The summed E-state index contributed by atoms with van der Waals surface area (Å²) in [6.07, 6.45) is -1.26. The van der Waals surface area contributed by atoms with Crippen molar-refractivity contribution in [1.29, 1.82) is 0 Å². The molecule has 1 fully saturated rings. The Morgan fingerprint density at radius 2 is 1.90 bits per heavy atom. The van der Waals surface area contributed by atoms with Gasteiger partial charge in [0.1, 0.15) is 0 Å². The van der Waals surface area contributed by atoms with Crippen molar-refractivity contribution in [3.8, 4) is 0 Å². The summed E-state index contributed by atoms with van der Waals surface area (Å²) in [5.74, 6) is -1.24. The molecule has 0 spiro atoms. The molecule has 1 heterocycles. The predicted octanol–water partition coefficient (Wildman–Crippen LogP) is 3.74. The normalized spacial score (nSPS) is 25.3. The van der Waals surface area contributed by atoms with Gasteiger partial charge in [-0.3, -0.25) is 4.68 Å². The Labute approximate surface area is 123 Å². The molecular formula is C15H23F3N2O. The molecule has 2 rings (SSSR count). The van der Waals surface area contributed by atoms with E-state index in [1.807, 2.05) is 30.8 Å². The average Bonchev–Trinajstić information content (AvgIpc) is 2.86. The smallest absolute Gasteiger partial charge is 0.391 e. The van der Waals surface area contributed by atoms with E-state index in [-0.39, 0.29) is 24.8 Å². The van der Waals surface area contributed by atoms with E-state index in [2.05, 4.69) is 5.10 Å². The van der Waals surface area contributed by atoms with Gasteiger partial charge in [-0.2, -0.15) is 18.3 Å². The van der Waals surface area contributed by atoms with Gasteiger partial charge in [-0.15, -0.1) is 0 Å². The first-order valence-electron chi connectivity index (χ1n) is 7.56. The Bertz CT molecular complexity index is 448. The summed E-state index contributed by atoms with van der Waals surface area (Å²) in [7, 11) is 0. The van der Waals surface area contributed by atoms with Crippen LogP contribution in [0.25, 0.3) is 0 Å². The van der Waals surface area contributed by atoms with Crippen LogP contribution >= 0.6 is 0 Å². The number of aromatic nitrogens is 2. The fourth-order valence-corrected chi connectivity index (χ4v) is 2.99. The molecular weight excluding hydrogens is 281 g/mol. The second-order valence-electron chi connectivity index (χ2n) is 6.31. The van der Waals surface area contributed by atoms with E-state index in [0.29, 0.717) is 19.3 Å². The summed E-state index contributed by atoms with van der Waals surface area (Å²) in [6, 6.07) is 2.13. The van der Waals surface area contributed by atoms with Gasteiger partial charge in [0.05, 0.1) is 17.7 Å². The van der Waals surface area contributed by atoms with E-state index < -0.39 is 18.2 Å². The third-order valence-electron chi connectivity index (χ3n) is 4.39. The van der Waals surface area contributed by atoms with Crippen LogP contribution in [0.4, 0.5) is 13.2 Å². The maximum Gasteiger partial charge on any atom is 0.391 e. The molecule has 0 saturated heterocycles. The second kappa shape index (κ2) is 6.38. The summed E-state index contributed by atoms with van der Waals surface area (Å²) < 4.78 is 39.7. The first-order chi connectivity index (χ1) is 9.77.